The molecule has 3 aromatic rings. The molecule has 3 aromatic carbocycles. The second-order valence-corrected chi connectivity index (χ2v) is 11.2. The summed E-state index contributed by atoms with van der Waals surface area (Å²) in [4.78, 5) is 43.1. The average Bonchev–Trinajstić information content (AvgIpc) is 3.35. The highest BCUT2D eigenvalue weighted by molar-refractivity contribution is 5.93. The number of nitrogens with zero attached hydrogens (tertiary/aromatic N) is 2. The minimum Gasteiger partial charge on any atom is -0.480 e. The fourth-order valence-corrected chi connectivity index (χ4v) is 6.48. The molecule has 0 aromatic heterocycles. The molecule has 2 heterocycles. The Labute approximate surface area is 245 Å². The minimum atomic E-state index is -1.28. The molecule has 1 atom stereocenters. The number of fused-ring (bicyclic) bond motifs is 3. The van der Waals surface area contributed by atoms with E-state index < -0.39 is 29.6 Å². The summed E-state index contributed by atoms with van der Waals surface area (Å²) in [6.07, 6.45) is 0.000843. The molecule has 2 amide bonds. The Morgan fingerprint density at radius 2 is 1.50 bits per heavy atom. The van der Waals surface area contributed by atoms with Crippen molar-refractivity contribution >= 4 is 18.0 Å². The number of nitrogens with one attached hydrogen (secondary N) is 1. The van der Waals surface area contributed by atoms with Crippen molar-refractivity contribution in [2.45, 2.75) is 36.9 Å². The molecule has 9 nitrogen and oxygen atoms in total. The summed E-state index contributed by atoms with van der Waals surface area (Å²) in [6.45, 7) is 2.29. The van der Waals surface area contributed by atoms with Crippen LogP contribution in [0.4, 0.5) is 4.79 Å². The summed E-state index contributed by atoms with van der Waals surface area (Å²) >= 11 is 0. The van der Waals surface area contributed by atoms with Crippen molar-refractivity contribution in [1.29, 1.82) is 0 Å². The van der Waals surface area contributed by atoms with Crippen molar-refractivity contribution in [3.63, 3.8) is 0 Å². The molecule has 0 spiro atoms. The lowest BCUT2D eigenvalue weighted by Gasteiger charge is -2.45. The Hall–Kier alpha value is -4.21. The van der Waals surface area contributed by atoms with E-state index in [4.69, 9.17) is 9.47 Å². The van der Waals surface area contributed by atoms with Crippen molar-refractivity contribution in [3.05, 3.63) is 95.6 Å². The van der Waals surface area contributed by atoms with E-state index >= 15 is 0 Å². The van der Waals surface area contributed by atoms with Crippen LogP contribution < -0.4 is 5.32 Å². The van der Waals surface area contributed by atoms with Crippen molar-refractivity contribution in [2.75, 3.05) is 39.5 Å². The van der Waals surface area contributed by atoms with E-state index in [0.29, 0.717) is 25.9 Å². The van der Waals surface area contributed by atoms with Gasteiger partial charge in [-0.25, -0.2) is 9.59 Å². The summed E-state index contributed by atoms with van der Waals surface area (Å²) in [7, 11) is 0. The van der Waals surface area contributed by atoms with Crippen molar-refractivity contribution in [2.24, 2.45) is 0 Å². The van der Waals surface area contributed by atoms with Gasteiger partial charge < -0.3 is 24.8 Å². The first-order valence-electron chi connectivity index (χ1n) is 14.5. The summed E-state index contributed by atoms with van der Waals surface area (Å²) in [6, 6.07) is 25.2. The topological polar surface area (TPSA) is 108 Å². The number of carbonyl (C=O) groups excluding carboxylic acids is 2. The Kier molecular flexibility index (Phi) is 7.95. The maximum atomic E-state index is 14.1. The molecule has 0 radical (unpaired) electrons. The first kappa shape index (κ1) is 27.9. The van der Waals surface area contributed by atoms with E-state index in [1.165, 1.54) is 10.5 Å². The van der Waals surface area contributed by atoms with Gasteiger partial charge in [0, 0.05) is 32.1 Å². The van der Waals surface area contributed by atoms with Crippen LogP contribution in [0.15, 0.2) is 78.9 Å². The van der Waals surface area contributed by atoms with Crippen LogP contribution in [-0.4, -0.2) is 83.9 Å². The van der Waals surface area contributed by atoms with Crippen molar-refractivity contribution in [3.8, 4) is 11.1 Å². The summed E-state index contributed by atoms with van der Waals surface area (Å²) in [5, 5.41) is 12.7. The van der Waals surface area contributed by atoms with Crippen LogP contribution in [0, 0.1) is 0 Å². The van der Waals surface area contributed by atoms with E-state index in [1.807, 2.05) is 42.5 Å². The molecule has 3 aliphatic rings. The summed E-state index contributed by atoms with van der Waals surface area (Å²) < 4.78 is 11.2. The highest BCUT2D eigenvalue weighted by Crippen LogP contribution is 2.44. The average molecular weight is 570 g/mol. The maximum Gasteiger partial charge on any atom is 0.408 e. The van der Waals surface area contributed by atoms with Crippen LogP contribution in [-0.2, 0) is 25.6 Å². The number of carboxylic acids is 1. The molecule has 9 heteroatoms. The zero-order chi connectivity index (χ0) is 29.1. The third-order valence-electron chi connectivity index (χ3n) is 8.73. The molecular weight excluding hydrogens is 534 g/mol. The molecule has 42 heavy (non-hydrogen) atoms. The SMILES string of the molecule is O=C(NC1(C(=O)N2CCOCC2C(=O)O)CCN(Cc2ccccc2)CC1)OCC1c2ccccc2-c2ccccc21. The predicted octanol–water partition coefficient (Wildman–Crippen LogP) is 3.87. The number of alkyl carbamates (subject to hydrolysis) is 1. The van der Waals surface area contributed by atoms with Crippen molar-refractivity contribution < 1.29 is 29.0 Å². The third-order valence-corrected chi connectivity index (χ3v) is 8.73. The van der Waals surface area contributed by atoms with Crippen LogP contribution in [0.5, 0.6) is 0 Å². The van der Waals surface area contributed by atoms with Gasteiger partial charge in [-0.15, -0.1) is 0 Å². The van der Waals surface area contributed by atoms with Crippen LogP contribution in [0.3, 0.4) is 0 Å². The van der Waals surface area contributed by atoms with Gasteiger partial charge >= 0.3 is 12.1 Å². The van der Waals surface area contributed by atoms with E-state index in [2.05, 4.69) is 46.6 Å². The first-order valence-corrected chi connectivity index (χ1v) is 14.5. The molecule has 1 aliphatic carbocycles. The quantitative estimate of drug-likeness (QED) is 0.445. The second-order valence-electron chi connectivity index (χ2n) is 11.2. The van der Waals surface area contributed by atoms with Crippen LogP contribution in [0.1, 0.15) is 35.4 Å². The number of piperidine rings is 1. The number of aliphatic carboxylic acids is 1. The van der Waals surface area contributed by atoms with Gasteiger partial charge in [0.1, 0.15) is 12.1 Å². The number of hydrogen-bond acceptors (Lipinski definition) is 6. The van der Waals surface area contributed by atoms with Gasteiger partial charge in [-0.2, -0.15) is 0 Å². The van der Waals surface area contributed by atoms with Gasteiger partial charge in [0.15, 0.2) is 6.04 Å². The Bertz CT molecular complexity index is 1410. The lowest BCUT2D eigenvalue weighted by Crippen LogP contribution is -2.67. The third kappa shape index (κ3) is 5.49. The molecule has 2 saturated heterocycles. The van der Waals surface area contributed by atoms with E-state index in [9.17, 15) is 19.5 Å². The Balaban J connectivity index is 1.19. The molecule has 0 bridgehead atoms. The molecule has 2 aliphatic heterocycles. The minimum absolute atomic E-state index is 0.0811. The molecule has 218 valence electrons. The van der Waals surface area contributed by atoms with E-state index in [-0.39, 0.29) is 32.3 Å². The fourth-order valence-electron chi connectivity index (χ4n) is 6.48. The van der Waals surface area contributed by atoms with Crippen LogP contribution in [0.2, 0.25) is 0 Å². The summed E-state index contributed by atoms with van der Waals surface area (Å²) in [5.74, 6) is -1.63. The number of carbonyl (C=O) groups is 3. The zero-order valence-corrected chi connectivity index (χ0v) is 23.4. The van der Waals surface area contributed by atoms with Gasteiger partial charge in [-0.3, -0.25) is 9.69 Å². The molecule has 6 rings (SSSR count). The van der Waals surface area contributed by atoms with Crippen LogP contribution in [0.25, 0.3) is 11.1 Å². The number of morpholine rings is 1. The Morgan fingerprint density at radius 3 is 2.14 bits per heavy atom. The van der Waals surface area contributed by atoms with Gasteiger partial charge in [0.2, 0.25) is 5.91 Å². The van der Waals surface area contributed by atoms with Crippen molar-refractivity contribution in [1.82, 2.24) is 15.1 Å². The lowest BCUT2D eigenvalue weighted by molar-refractivity contribution is -0.162. The van der Waals surface area contributed by atoms with Gasteiger partial charge in [-0.1, -0.05) is 78.9 Å². The monoisotopic (exact) mass is 569 g/mol. The molecule has 1 unspecified atom stereocenters. The lowest BCUT2D eigenvalue weighted by atomic mass is 9.85. The van der Waals surface area contributed by atoms with E-state index in [0.717, 1.165) is 28.8 Å². The predicted molar refractivity (Wildman–Crippen MR) is 156 cm³/mol. The molecular formula is C33H35N3O6. The van der Waals surface area contributed by atoms with Gasteiger partial charge in [0.25, 0.3) is 0 Å². The number of rotatable bonds is 7. The second kappa shape index (κ2) is 12.0. The smallest absolute Gasteiger partial charge is 0.408 e. The highest BCUT2D eigenvalue weighted by atomic mass is 16.5. The summed E-state index contributed by atoms with van der Waals surface area (Å²) in [5.41, 5.74) is 4.35. The Morgan fingerprint density at radius 1 is 0.881 bits per heavy atom. The molecule has 2 fully saturated rings. The molecule has 2 N–H and O–H groups in total. The largest absolute Gasteiger partial charge is 0.480 e. The van der Waals surface area contributed by atoms with E-state index in [1.54, 1.807) is 0 Å². The van der Waals surface area contributed by atoms with Crippen LogP contribution >= 0.6 is 0 Å². The standard InChI is InChI=1S/C33H35N3O6/c37-30(38)29-22-41-19-18-36(29)31(39)33(14-16-35(17-15-33)20-23-8-2-1-3-9-23)34-32(40)42-21-28-26-12-6-4-10-24(26)25-11-5-7-13-27(25)28/h1-13,28-29H,14-22H2,(H,34,40)(H,37,38). The fraction of sp³-hybridized carbons (Fsp3) is 0.364. The number of carboxylic acid groups (broad SMARTS) is 1. The maximum absolute atomic E-state index is 14.1. The molecule has 0 saturated carbocycles. The number of likely N-dealkylation sites (tertiary alicyclic amines) is 1. The zero-order valence-electron chi connectivity index (χ0n) is 23.4. The number of amides is 2. The normalized spacial score (nSPS) is 19.9. The number of ether oxygens (including phenoxy) is 2. The van der Waals surface area contributed by atoms with Gasteiger partial charge in [-0.05, 0) is 40.7 Å². The number of benzene rings is 3. The van der Waals surface area contributed by atoms with Gasteiger partial charge in [0.05, 0.1) is 13.2 Å². The first-order chi connectivity index (χ1) is 20.4. The number of hydrogen-bond donors (Lipinski definition) is 2. The highest BCUT2D eigenvalue weighted by Gasteiger charge is 2.48.